The molecule has 0 radical (unpaired) electrons. The molecule has 0 aromatic carbocycles. The highest BCUT2D eigenvalue weighted by Crippen LogP contribution is 2.30. The number of nitrogens with one attached hydrogen (secondary N) is 1. The van der Waals surface area contributed by atoms with Gasteiger partial charge in [0.2, 0.25) is 5.91 Å². The van der Waals surface area contributed by atoms with E-state index in [2.05, 4.69) is 31.3 Å². The van der Waals surface area contributed by atoms with E-state index in [1.54, 1.807) is 0 Å². The van der Waals surface area contributed by atoms with Crippen LogP contribution in [0.4, 0.5) is 0 Å². The monoisotopic (exact) mass is 1320 g/mol. The molecular weight excluding hydrogens is 1170 g/mol. The third-order valence-corrected chi connectivity index (χ3v) is 20.2. The molecule has 2 aliphatic heterocycles. The Morgan fingerprint density at radius 1 is 0.376 bits per heavy atom. The Morgan fingerprint density at radius 2 is 0.677 bits per heavy atom. The molecule has 2 heterocycles. The van der Waals surface area contributed by atoms with E-state index in [0.29, 0.717) is 12.8 Å². The number of amides is 1. The second-order valence-electron chi connectivity index (χ2n) is 28.9. The summed E-state index contributed by atoms with van der Waals surface area (Å²) in [5.41, 5.74) is 0. The first-order valence-electron chi connectivity index (χ1n) is 40.4. The van der Waals surface area contributed by atoms with Crippen molar-refractivity contribution in [3.05, 3.63) is 12.2 Å². The van der Waals surface area contributed by atoms with Crippen LogP contribution in [-0.2, 0) is 23.7 Å². The second kappa shape index (κ2) is 64.1. The van der Waals surface area contributed by atoms with Crippen LogP contribution in [-0.4, -0.2) is 140 Å². The van der Waals surface area contributed by atoms with Crippen molar-refractivity contribution in [1.29, 1.82) is 0 Å². The van der Waals surface area contributed by atoms with Crippen molar-refractivity contribution in [2.24, 2.45) is 0 Å². The van der Waals surface area contributed by atoms with Gasteiger partial charge in [0.1, 0.15) is 48.8 Å². The summed E-state index contributed by atoms with van der Waals surface area (Å²) in [5.74, 6) is -0.197. The van der Waals surface area contributed by atoms with Crippen molar-refractivity contribution in [2.45, 2.75) is 466 Å². The van der Waals surface area contributed by atoms with Crippen molar-refractivity contribution >= 4 is 5.91 Å². The molecule has 2 saturated heterocycles. The molecule has 2 rings (SSSR count). The molecule has 93 heavy (non-hydrogen) atoms. The lowest BCUT2D eigenvalue weighted by molar-refractivity contribution is -0.359. The number of aliphatic hydroxyl groups is 8. The fourth-order valence-corrected chi connectivity index (χ4v) is 13.8. The van der Waals surface area contributed by atoms with Crippen molar-refractivity contribution in [2.75, 3.05) is 19.8 Å². The quantitative estimate of drug-likeness (QED) is 0.0204. The molecule has 9 N–H and O–H groups in total. The van der Waals surface area contributed by atoms with Crippen LogP contribution in [0.5, 0.6) is 0 Å². The smallest absolute Gasteiger partial charge is 0.220 e. The SMILES string of the molecule is CCCCCCCCCC/C=C\CCCCCCCCCCCCCCCCCCCCCCCCCCCCCCCC(=O)NC(COC1OC(CO)C(OC2OC(CO)C(O)C(O)C2O)C(O)C1O)C(O)CCCCCCCCCCCCCCCCCCCC. The molecule has 552 valence electrons. The fourth-order valence-electron chi connectivity index (χ4n) is 13.8. The lowest BCUT2D eigenvalue weighted by Crippen LogP contribution is -2.65. The summed E-state index contributed by atoms with van der Waals surface area (Å²) in [6, 6.07) is -0.825. The van der Waals surface area contributed by atoms with Crippen LogP contribution in [0.2, 0.25) is 0 Å². The van der Waals surface area contributed by atoms with Gasteiger partial charge >= 0.3 is 0 Å². The average molecular weight is 1330 g/mol. The third kappa shape index (κ3) is 47.4. The van der Waals surface area contributed by atoms with Gasteiger partial charge in [0.05, 0.1) is 32.0 Å². The number of hydrogen-bond donors (Lipinski definition) is 9. The number of aliphatic hydroxyl groups excluding tert-OH is 8. The first kappa shape index (κ1) is 87.8. The maximum Gasteiger partial charge on any atom is 0.220 e. The lowest BCUT2D eigenvalue weighted by atomic mass is 9.97. The largest absolute Gasteiger partial charge is 0.394 e. The zero-order chi connectivity index (χ0) is 67.3. The summed E-state index contributed by atoms with van der Waals surface area (Å²) in [4.78, 5) is 13.4. The van der Waals surface area contributed by atoms with E-state index in [0.717, 1.165) is 51.4 Å². The minimum Gasteiger partial charge on any atom is -0.394 e. The van der Waals surface area contributed by atoms with Crippen LogP contribution in [0.25, 0.3) is 0 Å². The lowest BCUT2D eigenvalue weighted by Gasteiger charge is -2.46. The third-order valence-electron chi connectivity index (χ3n) is 20.2. The summed E-state index contributed by atoms with van der Waals surface area (Å²) < 4.78 is 23.0. The Balaban J connectivity index is 1.53. The van der Waals surface area contributed by atoms with Gasteiger partial charge in [-0.1, -0.05) is 360 Å². The van der Waals surface area contributed by atoms with Crippen LogP contribution in [0, 0.1) is 0 Å². The van der Waals surface area contributed by atoms with E-state index < -0.39 is 86.8 Å². The van der Waals surface area contributed by atoms with E-state index >= 15 is 0 Å². The summed E-state index contributed by atoms with van der Waals surface area (Å²) in [5, 5.41) is 87.7. The fraction of sp³-hybridized carbons (Fsp3) is 0.962. The van der Waals surface area contributed by atoms with Crippen LogP contribution in [0.15, 0.2) is 12.2 Å². The molecule has 2 fully saturated rings. The molecule has 2 aliphatic rings. The minimum absolute atomic E-state index is 0.197. The molecule has 1 amide bonds. The van der Waals surface area contributed by atoms with Gasteiger partial charge in [0.25, 0.3) is 0 Å². The standard InChI is InChI=1S/C79H153NO13/c1-3-5-7-9-11-13-15-17-19-21-23-24-25-26-27-28-29-30-31-32-33-34-35-36-37-38-39-40-41-42-43-44-45-47-49-51-53-55-57-59-61-63-71(84)80-67(68(83)62-60-58-56-54-52-50-48-46-22-20-18-16-14-12-10-8-6-4-2)66-90-78-76(89)74(87)77(70(65-82)92-78)93-79-75(88)73(86)72(85)69(64-81)91-79/h21,23,67-70,72-79,81-83,85-89H,3-20,22,24-66H2,1-2H3,(H,80,84)/b23-21-. The van der Waals surface area contributed by atoms with Crippen LogP contribution in [0.3, 0.4) is 0 Å². The number of carbonyl (C=O) groups excluding carboxylic acids is 1. The number of unbranched alkanes of at least 4 members (excludes halogenated alkanes) is 54. The number of carbonyl (C=O) groups is 1. The van der Waals surface area contributed by atoms with E-state index in [9.17, 15) is 45.6 Å². The molecular formula is C79H153NO13. The van der Waals surface area contributed by atoms with Gasteiger partial charge in [-0.25, -0.2) is 0 Å². The van der Waals surface area contributed by atoms with Gasteiger partial charge in [0.15, 0.2) is 12.6 Å². The number of hydrogen-bond acceptors (Lipinski definition) is 13. The van der Waals surface area contributed by atoms with E-state index in [4.69, 9.17) is 18.9 Å². The van der Waals surface area contributed by atoms with Gasteiger partial charge in [-0.05, 0) is 38.5 Å². The zero-order valence-electron chi connectivity index (χ0n) is 60.5. The van der Waals surface area contributed by atoms with Gasteiger partial charge < -0.3 is 65.1 Å². The molecule has 0 bridgehead atoms. The molecule has 0 spiro atoms. The van der Waals surface area contributed by atoms with Gasteiger partial charge in [0, 0.05) is 6.42 Å². The molecule has 0 aliphatic carbocycles. The zero-order valence-corrected chi connectivity index (χ0v) is 60.5. The molecule has 12 unspecified atom stereocenters. The minimum atomic E-state index is -1.78. The highest BCUT2D eigenvalue weighted by molar-refractivity contribution is 5.76. The van der Waals surface area contributed by atoms with Gasteiger partial charge in [-0.3, -0.25) is 4.79 Å². The maximum atomic E-state index is 13.4. The summed E-state index contributed by atoms with van der Waals surface area (Å²) in [7, 11) is 0. The predicted octanol–water partition coefficient (Wildman–Crippen LogP) is 18.1. The van der Waals surface area contributed by atoms with Crippen LogP contribution in [0.1, 0.15) is 393 Å². The second-order valence-corrected chi connectivity index (χ2v) is 28.9. The van der Waals surface area contributed by atoms with Crippen LogP contribution < -0.4 is 5.32 Å². The molecule has 14 heteroatoms. The topological polar surface area (TPSA) is 228 Å². The normalized spacial score (nSPS) is 22.5. The number of ether oxygens (including phenoxy) is 4. The number of allylic oxidation sites excluding steroid dienone is 2. The van der Waals surface area contributed by atoms with E-state index in [1.807, 2.05) is 0 Å². The highest BCUT2D eigenvalue weighted by Gasteiger charge is 2.51. The Bertz CT molecular complexity index is 1610. The van der Waals surface area contributed by atoms with E-state index in [-0.39, 0.29) is 12.5 Å². The molecule has 0 saturated carbocycles. The van der Waals surface area contributed by atoms with Gasteiger partial charge in [-0.2, -0.15) is 0 Å². The molecule has 0 aromatic heterocycles. The van der Waals surface area contributed by atoms with Crippen molar-refractivity contribution in [1.82, 2.24) is 5.32 Å². The summed E-state index contributed by atoms with van der Waals surface area (Å²) >= 11 is 0. The summed E-state index contributed by atoms with van der Waals surface area (Å²) in [6.07, 6.45) is 64.2. The number of rotatable bonds is 69. The Hall–Kier alpha value is -1.27. The van der Waals surface area contributed by atoms with E-state index in [1.165, 1.54) is 315 Å². The predicted molar refractivity (Wildman–Crippen MR) is 383 cm³/mol. The van der Waals surface area contributed by atoms with Crippen molar-refractivity contribution in [3.8, 4) is 0 Å². The highest BCUT2D eigenvalue weighted by atomic mass is 16.7. The van der Waals surface area contributed by atoms with Crippen molar-refractivity contribution in [3.63, 3.8) is 0 Å². The average Bonchev–Trinajstić information content (AvgIpc) is 0.958. The summed E-state index contributed by atoms with van der Waals surface area (Å²) in [6.45, 7) is 2.93. The first-order chi connectivity index (χ1) is 45.6. The molecule has 0 aromatic rings. The Labute approximate surface area is 571 Å². The molecule has 14 nitrogen and oxygen atoms in total. The maximum absolute atomic E-state index is 13.4. The van der Waals surface area contributed by atoms with Crippen LogP contribution >= 0.6 is 0 Å². The van der Waals surface area contributed by atoms with Gasteiger partial charge in [-0.15, -0.1) is 0 Å². The Morgan fingerprint density at radius 3 is 1.02 bits per heavy atom. The van der Waals surface area contributed by atoms with Crippen molar-refractivity contribution < 1.29 is 64.6 Å². The Kier molecular flexibility index (Phi) is 60.6. The first-order valence-corrected chi connectivity index (χ1v) is 40.4. The molecule has 12 atom stereocenters.